The van der Waals surface area contributed by atoms with E-state index in [9.17, 15) is 118 Å². The molecule has 2 aliphatic rings. The summed E-state index contributed by atoms with van der Waals surface area (Å²) in [5, 5.41) is 99.7. The van der Waals surface area contributed by atoms with Gasteiger partial charge in [-0.15, -0.1) is 10.3 Å². The molecule has 18 nitrogen and oxygen atoms in total. The van der Waals surface area contributed by atoms with E-state index in [1.807, 2.05) is 0 Å². The van der Waals surface area contributed by atoms with Crippen molar-refractivity contribution in [3.63, 3.8) is 0 Å². The van der Waals surface area contributed by atoms with E-state index in [2.05, 4.69) is 5.32 Å². The fourth-order valence-electron chi connectivity index (χ4n) is 6.90. The predicted molar refractivity (Wildman–Crippen MR) is 181 cm³/mol. The number of aliphatic hydroxyl groups excluding tert-OH is 8. The number of hydrogen-bond acceptors (Lipinski definition) is 14. The standard InChI is InChI=1S/C33H48F13N4O14/c1-26(2)8-12(9-27(3,4)50(26)62)48-16(54)7-13(23(60)47-6-5-28(34,35)29(36,37)30(38,39)31(40,41)32(42,43)33(44,45)46)49-24(61)20(58)19(57)22(14(53)10-51)64-25-21(59)18(56)17(55)15(11-52)63-25/h12-15,17-22,25,51-53,55-59H,5-11H2,1-4H3,(H,47,60)(H,48,54)(H,49,61)/t13-,14+,15+,17-,18-,19+,20+,21+,22+,25-/m0/s1. The summed E-state index contributed by atoms with van der Waals surface area (Å²) in [5.74, 6) is -43.9. The van der Waals surface area contributed by atoms with Gasteiger partial charge in [0.05, 0.1) is 19.6 Å². The first-order valence-corrected chi connectivity index (χ1v) is 18.6. The minimum Gasteiger partial charge on any atom is -0.394 e. The Hall–Kier alpha value is -2.98. The lowest BCUT2D eigenvalue weighted by atomic mass is 9.79. The second kappa shape index (κ2) is 20.1. The fraction of sp³-hybridized carbons (Fsp3) is 0.909. The Bertz CT molecular complexity index is 1600. The topological polar surface area (TPSA) is 291 Å². The van der Waals surface area contributed by atoms with Crippen molar-refractivity contribution < 1.29 is 127 Å². The summed E-state index contributed by atoms with van der Waals surface area (Å²) in [6.07, 6.45) is -33.0. The maximum Gasteiger partial charge on any atom is 0.460 e. The van der Waals surface area contributed by atoms with Gasteiger partial charge in [0, 0.05) is 30.1 Å². The van der Waals surface area contributed by atoms with Gasteiger partial charge in [0.1, 0.15) is 48.8 Å². The van der Waals surface area contributed by atoms with Gasteiger partial charge in [-0.25, -0.2) is 0 Å². The summed E-state index contributed by atoms with van der Waals surface area (Å²) in [6, 6.07) is -3.44. The molecule has 1 radical (unpaired) electrons. The second-order valence-corrected chi connectivity index (χ2v) is 16.4. The van der Waals surface area contributed by atoms with Gasteiger partial charge in [-0.3, -0.25) is 14.4 Å². The van der Waals surface area contributed by atoms with E-state index >= 15 is 0 Å². The Labute approximate surface area is 353 Å². The van der Waals surface area contributed by atoms with Crippen molar-refractivity contribution in [2.45, 2.75) is 167 Å². The summed E-state index contributed by atoms with van der Waals surface area (Å²) >= 11 is 0. The molecule has 0 bridgehead atoms. The van der Waals surface area contributed by atoms with Crippen LogP contribution in [0.25, 0.3) is 0 Å². The number of piperidine rings is 1. The summed E-state index contributed by atoms with van der Waals surface area (Å²) < 4.78 is 187. The Kier molecular flexibility index (Phi) is 17.9. The number of carbonyl (C=O) groups excluding carboxylic acids is 3. The number of nitrogens with zero attached hydrogens (tertiary/aromatic N) is 1. The fourth-order valence-corrected chi connectivity index (χ4v) is 6.90. The van der Waals surface area contributed by atoms with Crippen LogP contribution in [0, 0.1) is 0 Å². The van der Waals surface area contributed by atoms with E-state index in [1.165, 1.54) is 33.0 Å². The number of hydrogen-bond donors (Lipinski definition) is 11. The molecule has 0 spiro atoms. The normalized spacial score (nSPS) is 26.6. The minimum absolute atomic E-state index is 0.0787. The van der Waals surface area contributed by atoms with Crippen molar-refractivity contribution in [1.29, 1.82) is 0 Å². The van der Waals surface area contributed by atoms with Gasteiger partial charge in [0.25, 0.3) is 5.91 Å². The number of amides is 3. The molecule has 10 atom stereocenters. The third kappa shape index (κ3) is 11.6. The molecular weight excluding hydrogens is 923 g/mol. The molecule has 11 N–H and O–H groups in total. The summed E-state index contributed by atoms with van der Waals surface area (Å²) in [6.45, 7) is 1.40. The quantitative estimate of drug-likeness (QED) is 0.0643. The third-order valence-electron chi connectivity index (χ3n) is 10.4. The third-order valence-corrected chi connectivity index (χ3v) is 10.4. The van der Waals surface area contributed by atoms with Gasteiger partial charge in [0.15, 0.2) is 12.4 Å². The van der Waals surface area contributed by atoms with Gasteiger partial charge >= 0.3 is 35.8 Å². The molecule has 2 aliphatic heterocycles. The van der Waals surface area contributed by atoms with Crippen molar-refractivity contribution in [1.82, 2.24) is 21.0 Å². The van der Waals surface area contributed by atoms with Gasteiger partial charge < -0.3 is 66.3 Å². The number of nitrogens with one attached hydrogen (secondary N) is 3. The van der Waals surface area contributed by atoms with Crippen molar-refractivity contribution in [2.24, 2.45) is 0 Å². The lowest BCUT2D eigenvalue weighted by Crippen LogP contribution is -2.70. The molecule has 0 aliphatic carbocycles. The average molecular weight is 972 g/mol. The van der Waals surface area contributed by atoms with Gasteiger partial charge in [0.2, 0.25) is 11.8 Å². The molecule has 31 heteroatoms. The molecule has 2 heterocycles. The van der Waals surface area contributed by atoms with Crippen molar-refractivity contribution in [3.8, 4) is 0 Å². The zero-order valence-corrected chi connectivity index (χ0v) is 33.7. The molecule has 0 unspecified atom stereocenters. The molecule has 0 aromatic heterocycles. The average Bonchev–Trinajstić information content (AvgIpc) is 3.16. The number of halogens is 13. The highest BCUT2D eigenvalue weighted by atomic mass is 19.4. The van der Waals surface area contributed by atoms with Crippen LogP contribution in [0.3, 0.4) is 0 Å². The van der Waals surface area contributed by atoms with Gasteiger partial charge in [-0.1, -0.05) is 0 Å². The number of ether oxygens (including phenoxy) is 2. The Balaban J connectivity index is 2.41. The molecule has 2 saturated heterocycles. The molecule has 0 aromatic carbocycles. The predicted octanol–water partition coefficient (Wildman–Crippen LogP) is -1.15. The van der Waals surface area contributed by atoms with E-state index in [4.69, 9.17) is 9.47 Å². The van der Waals surface area contributed by atoms with E-state index in [-0.39, 0.29) is 12.8 Å². The van der Waals surface area contributed by atoms with Crippen molar-refractivity contribution in [3.05, 3.63) is 0 Å². The first-order valence-electron chi connectivity index (χ1n) is 18.6. The minimum atomic E-state index is -8.20. The maximum absolute atomic E-state index is 14.5. The number of rotatable bonds is 20. The van der Waals surface area contributed by atoms with E-state index in [0.717, 1.165) is 0 Å². The van der Waals surface area contributed by atoms with Crippen molar-refractivity contribution in [2.75, 3.05) is 19.8 Å². The SMILES string of the molecule is CC1(C)CC(NC(=O)C[C@H](NC(=O)[C@H](O)[C@@H](O)[C@H](O[C@@H]2O[C@H](CO)[C@H](O)[C@H](O)[C@H]2O)[C@H](O)CO)C(=O)NCCC(F)(F)C(F)(F)C(F)(F)C(F)(F)C(F)(F)C(F)(F)F)CC(C)(C)N1[O]. The zero-order valence-electron chi connectivity index (χ0n) is 33.7. The molecular formula is C33H48F13N4O14. The second-order valence-electron chi connectivity index (χ2n) is 16.4. The van der Waals surface area contributed by atoms with Crippen LogP contribution in [0.15, 0.2) is 0 Å². The molecule has 3 amide bonds. The smallest absolute Gasteiger partial charge is 0.394 e. The lowest BCUT2D eigenvalue weighted by molar-refractivity contribution is -0.440. The Morgan fingerprint density at radius 1 is 0.766 bits per heavy atom. The summed E-state index contributed by atoms with van der Waals surface area (Å²) in [7, 11) is 0. The largest absolute Gasteiger partial charge is 0.460 e. The first kappa shape index (κ1) is 57.1. The van der Waals surface area contributed by atoms with Crippen LogP contribution in [0.1, 0.15) is 53.4 Å². The van der Waals surface area contributed by atoms with Crippen molar-refractivity contribution >= 4 is 17.7 Å². The highest BCUT2D eigenvalue weighted by Gasteiger charge is 2.90. The van der Waals surface area contributed by atoms with E-state index in [0.29, 0.717) is 5.06 Å². The maximum atomic E-state index is 14.5. The van der Waals surface area contributed by atoms with Crippen LogP contribution >= 0.6 is 0 Å². The number of aliphatic hydroxyl groups is 8. The first-order chi connectivity index (χ1) is 28.7. The molecule has 0 saturated carbocycles. The molecule has 375 valence electrons. The monoisotopic (exact) mass is 971 g/mol. The lowest BCUT2D eigenvalue weighted by Gasteiger charge is -2.50. The Morgan fingerprint density at radius 3 is 1.73 bits per heavy atom. The van der Waals surface area contributed by atoms with Crippen LogP contribution in [-0.2, 0) is 29.1 Å². The van der Waals surface area contributed by atoms with E-state index in [1.54, 1.807) is 5.32 Å². The summed E-state index contributed by atoms with van der Waals surface area (Å²) in [5.41, 5.74) is -2.32. The summed E-state index contributed by atoms with van der Waals surface area (Å²) in [4.78, 5) is 39.5. The van der Waals surface area contributed by atoms with Gasteiger partial charge in [-0.2, -0.15) is 57.1 Å². The molecule has 2 fully saturated rings. The number of alkyl halides is 13. The van der Waals surface area contributed by atoms with Crippen LogP contribution in [0.5, 0.6) is 0 Å². The highest BCUT2D eigenvalue weighted by molar-refractivity contribution is 5.93. The Morgan fingerprint density at radius 2 is 1.27 bits per heavy atom. The number of carbonyl (C=O) groups is 3. The zero-order chi connectivity index (χ0) is 50.1. The molecule has 2 rings (SSSR count). The van der Waals surface area contributed by atoms with Crippen LogP contribution < -0.4 is 16.0 Å². The molecule has 64 heavy (non-hydrogen) atoms. The van der Waals surface area contributed by atoms with Crippen LogP contribution in [0.2, 0.25) is 0 Å². The van der Waals surface area contributed by atoms with Crippen LogP contribution in [-0.4, -0.2) is 197 Å². The van der Waals surface area contributed by atoms with Crippen LogP contribution in [0.4, 0.5) is 57.1 Å². The highest BCUT2D eigenvalue weighted by Crippen LogP contribution is 2.60. The van der Waals surface area contributed by atoms with E-state index < -0.39 is 164 Å². The number of hydroxylamine groups is 2. The van der Waals surface area contributed by atoms with Gasteiger partial charge in [-0.05, 0) is 40.5 Å². The molecule has 0 aromatic rings.